The third kappa shape index (κ3) is 5.49. The molecule has 0 heterocycles. The van der Waals surface area contributed by atoms with Gasteiger partial charge in [0.2, 0.25) is 15.9 Å². The van der Waals surface area contributed by atoms with Gasteiger partial charge in [-0.05, 0) is 77.9 Å². The number of aryl methyl sites for hydroxylation is 1. The summed E-state index contributed by atoms with van der Waals surface area (Å²) in [5.41, 5.74) is 1.86. The molecule has 0 atom stereocenters. The van der Waals surface area contributed by atoms with Crippen LogP contribution in [0.3, 0.4) is 0 Å². The summed E-state index contributed by atoms with van der Waals surface area (Å²) in [5.74, 6) is -0.661. The second-order valence-electron chi connectivity index (χ2n) is 5.90. The van der Waals surface area contributed by atoms with E-state index < -0.39 is 15.8 Å². The van der Waals surface area contributed by atoms with E-state index in [1.807, 2.05) is 25.1 Å². The van der Waals surface area contributed by atoms with E-state index in [2.05, 4.69) is 27.9 Å². The fourth-order valence-corrected chi connectivity index (χ4v) is 3.99. The molecule has 0 unspecified atom stereocenters. The van der Waals surface area contributed by atoms with Crippen molar-refractivity contribution in [2.75, 3.05) is 18.9 Å². The molecule has 1 N–H and O–H groups in total. The molecule has 0 spiro atoms. The largest absolute Gasteiger partial charge is 0.326 e. The number of anilines is 1. The number of halogens is 2. The number of carbonyl (C=O) groups is 1. The van der Waals surface area contributed by atoms with E-state index in [4.69, 9.17) is 0 Å². The van der Waals surface area contributed by atoms with E-state index >= 15 is 0 Å². The van der Waals surface area contributed by atoms with Crippen molar-refractivity contribution in [2.45, 2.75) is 24.7 Å². The Hall–Kier alpha value is -1.52. The third-order valence-corrected chi connectivity index (χ3v) is 6.89. The van der Waals surface area contributed by atoms with Crippen LogP contribution in [0.25, 0.3) is 0 Å². The molecule has 0 aliphatic carbocycles. The van der Waals surface area contributed by atoms with Gasteiger partial charge in [-0.2, -0.15) is 0 Å². The van der Waals surface area contributed by atoms with Gasteiger partial charge < -0.3 is 5.32 Å². The first kappa shape index (κ1) is 20.8. The molecule has 0 aliphatic heterocycles. The molecule has 2 rings (SSSR count). The summed E-state index contributed by atoms with van der Waals surface area (Å²) in [5, 5.41) is 2.81. The summed E-state index contributed by atoms with van der Waals surface area (Å²) < 4.78 is 39.9. The van der Waals surface area contributed by atoms with E-state index in [1.54, 1.807) is 0 Å². The Labute approximate surface area is 166 Å². The van der Waals surface area contributed by atoms with Crippen molar-refractivity contribution in [3.05, 3.63) is 57.4 Å². The number of hydrogen-bond donors (Lipinski definition) is 1. The highest BCUT2D eigenvalue weighted by atomic mass is 127. The summed E-state index contributed by atoms with van der Waals surface area (Å²) in [4.78, 5) is 12.1. The lowest BCUT2D eigenvalue weighted by Gasteiger charge is -2.17. The molecule has 8 heteroatoms. The maximum Gasteiger partial charge on any atom is 0.242 e. The summed E-state index contributed by atoms with van der Waals surface area (Å²) in [6.45, 7) is 2.18. The highest BCUT2D eigenvalue weighted by molar-refractivity contribution is 14.1. The second-order valence-corrected chi connectivity index (χ2v) is 9.10. The van der Waals surface area contributed by atoms with Gasteiger partial charge in [-0.3, -0.25) is 4.79 Å². The molecule has 0 fully saturated rings. The fraction of sp³-hybridized carbons (Fsp3) is 0.278. The molecule has 1 amide bonds. The van der Waals surface area contributed by atoms with Gasteiger partial charge in [-0.15, -0.1) is 0 Å². The molecule has 26 heavy (non-hydrogen) atoms. The normalized spacial score (nSPS) is 11.6. The molecule has 0 radical (unpaired) electrons. The standard InChI is InChI=1S/C18H20FIN2O3S/c1-13-5-8-15(12-17(13)20)21-18(23)4-3-11-22(2)26(24,25)16-9-6-14(19)7-10-16/h5-10,12H,3-4,11H2,1-2H3,(H,21,23). The first-order valence-corrected chi connectivity index (χ1v) is 10.5. The minimum atomic E-state index is -3.69. The molecular weight excluding hydrogens is 470 g/mol. The van der Waals surface area contributed by atoms with Gasteiger partial charge in [-0.25, -0.2) is 17.1 Å². The van der Waals surface area contributed by atoms with Gasteiger partial charge in [0.25, 0.3) is 0 Å². The van der Waals surface area contributed by atoms with Crippen LogP contribution in [0.1, 0.15) is 18.4 Å². The van der Waals surface area contributed by atoms with Crippen molar-refractivity contribution in [3.63, 3.8) is 0 Å². The molecule has 0 aliphatic rings. The van der Waals surface area contributed by atoms with E-state index in [1.165, 1.54) is 23.5 Å². The number of rotatable bonds is 7. The van der Waals surface area contributed by atoms with E-state index in [0.717, 1.165) is 27.0 Å². The number of benzene rings is 2. The Balaban J connectivity index is 1.87. The Kier molecular flexibility index (Phi) is 7.13. The van der Waals surface area contributed by atoms with Crippen molar-refractivity contribution < 1.29 is 17.6 Å². The van der Waals surface area contributed by atoms with Crippen LogP contribution in [0, 0.1) is 16.3 Å². The van der Waals surface area contributed by atoms with Crippen molar-refractivity contribution in [2.24, 2.45) is 0 Å². The maximum absolute atomic E-state index is 12.9. The summed E-state index contributed by atoms with van der Waals surface area (Å²) >= 11 is 2.20. The monoisotopic (exact) mass is 490 g/mol. The van der Waals surface area contributed by atoms with Crippen LogP contribution < -0.4 is 5.32 Å². The van der Waals surface area contributed by atoms with Gasteiger partial charge in [0.05, 0.1) is 4.90 Å². The smallest absolute Gasteiger partial charge is 0.242 e. The Bertz CT molecular complexity index is 886. The lowest BCUT2D eigenvalue weighted by atomic mass is 10.2. The lowest BCUT2D eigenvalue weighted by molar-refractivity contribution is -0.116. The molecule has 0 bridgehead atoms. The molecule has 0 saturated carbocycles. The third-order valence-electron chi connectivity index (χ3n) is 3.85. The van der Waals surface area contributed by atoms with E-state index in [-0.39, 0.29) is 23.8 Å². The SMILES string of the molecule is Cc1ccc(NC(=O)CCCN(C)S(=O)(=O)c2ccc(F)cc2)cc1I. The molecule has 0 saturated heterocycles. The minimum absolute atomic E-state index is 0.0279. The predicted octanol–water partition coefficient (Wildman–Crippen LogP) is 3.78. The van der Waals surface area contributed by atoms with Crippen molar-refractivity contribution >= 4 is 44.2 Å². The maximum atomic E-state index is 12.9. The highest BCUT2D eigenvalue weighted by Crippen LogP contribution is 2.18. The number of carbonyl (C=O) groups excluding carboxylic acids is 1. The first-order chi connectivity index (χ1) is 12.2. The first-order valence-electron chi connectivity index (χ1n) is 7.98. The van der Waals surface area contributed by atoms with E-state index in [0.29, 0.717) is 6.42 Å². The number of nitrogens with one attached hydrogen (secondary N) is 1. The zero-order valence-electron chi connectivity index (χ0n) is 14.5. The molecule has 2 aromatic carbocycles. The molecule has 0 aromatic heterocycles. The quantitative estimate of drug-likeness (QED) is 0.601. The molecule has 140 valence electrons. The van der Waals surface area contributed by atoms with Crippen LogP contribution in [0.2, 0.25) is 0 Å². The summed E-state index contributed by atoms with van der Waals surface area (Å²) in [6.07, 6.45) is 0.583. The highest BCUT2D eigenvalue weighted by Gasteiger charge is 2.20. The van der Waals surface area contributed by atoms with Gasteiger partial charge in [-0.1, -0.05) is 6.07 Å². The lowest BCUT2D eigenvalue weighted by Crippen LogP contribution is -2.28. The summed E-state index contributed by atoms with van der Waals surface area (Å²) in [6, 6.07) is 10.3. The molecule has 2 aromatic rings. The van der Waals surface area contributed by atoms with Crippen LogP contribution >= 0.6 is 22.6 Å². The van der Waals surface area contributed by atoms with Crippen LogP contribution in [-0.2, 0) is 14.8 Å². The number of amides is 1. The Morgan fingerprint density at radius 3 is 2.46 bits per heavy atom. The Morgan fingerprint density at radius 1 is 1.19 bits per heavy atom. The average Bonchev–Trinajstić information content (AvgIpc) is 2.58. The van der Waals surface area contributed by atoms with Gasteiger partial charge in [0, 0.05) is 29.3 Å². The van der Waals surface area contributed by atoms with Gasteiger partial charge >= 0.3 is 0 Å². The second kappa shape index (κ2) is 8.92. The van der Waals surface area contributed by atoms with Crippen molar-refractivity contribution in [3.8, 4) is 0 Å². The van der Waals surface area contributed by atoms with Crippen molar-refractivity contribution in [1.29, 1.82) is 0 Å². The van der Waals surface area contributed by atoms with Crippen LogP contribution in [0.15, 0.2) is 47.4 Å². The van der Waals surface area contributed by atoms with Crippen LogP contribution in [-0.4, -0.2) is 32.2 Å². The van der Waals surface area contributed by atoms with Gasteiger partial charge in [0.15, 0.2) is 0 Å². The number of hydrogen-bond acceptors (Lipinski definition) is 3. The molecule has 5 nitrogen and oxygen atoms in total. The topological polar surface area (TPSA) is 66.5 Å². The fourth-order valence-electron chi connectivity index (χ4n) is 2.26. The van der Waals surface area contributed by atoms with Crippen LogP contribution in [0.5, 0.6) is 0 Å². The Morgan fingerprint density at radius 2 is 1.85 bits per heavy atom. The van der Waals surface area contributed by atoms with Gasteiger partial charge in [0.1, 0.15) is 5.82 Å². The summed E-state index contributed by atoms with van der Waals surface area (Å²) in [7, 11) is -2.25. The average molecular weight is 490 g/mol. The number of sulfonamides is 1. The predicted molar refractivity (Wildman–Crippen MR) is 108 cm³/mol. The van der Waals surface area contributed by atoms with E-state index in [9.17, 15) is 17.6 Å². The molecular formula is C18H20FIN2O3S. The minimum Gasteiger partial charge on any atom is -0.326 e. The van der Waals surface area contributed by atoms with Crippen LogP contribution in [0.4, 0.5) is 10.1 Å². The zero-order valence-corrected chi connectivity index (χ0v) is 17.5. The zero-order chi connectivity index (χ0) is 19.3. The number of nitrogens with zero attached hydrogens (tertiary/aromatic N) is 1. The van der Waals surface area contributed by atoms with Crippen molar-refractivity contribution in [1.82, 2.24) is 4.31 Å².